The third-order valence-corrected chi connectivity index (χ3v) is 2.89. The van der Waals surface area contributed by atoms with E-state index in [1.54, 1.807) is 0 Å². The molecule has 12 heavy (non-hydrogen) atoms. The van der Waals surface area contributed by atoms with Gasteiger partial charge in [0.1, 0.15) is 0 Å². The summed E-state index contributed by atoms with van der Waals surface area (Å²) in [5.74, 6) is 0.395. The summed E-state index contributed by atoms with van der Waals surface area (Å²) in [7, 11) is 0. The maximum absolute atomic E-state index is 4.31. The second kappa shape index (κ2) is 3.39. The van der Waals surface area contributed by atoms with Crippen LogP contribution in [0.2, 0.25) is 0 Å². The van der Waals surface area contributed by atoms with Crippen LogP contribution < -0.4 is 0 Å². The van der Waals surface area contributed by atoms with Crippen LogP contribution in [0.25, 0.3) is 0 Å². The normalized spacial score (nSPS) is 21.1. The average Bonchev–Trinajstić information content (AvgIpc) is 2.53. The lowest BCUT2D eigenvalue weighted by Gasteiger charge is -2.06. The van der Waals surface area contributed by atoms with Crippen molar-refractivity contribution in [2.45, 2.75) is 5.92 Å². The first-order chi connectivity index (χ1) is 5.88. The molecule has 1 aliphatic rings. The number of aromatic nitrogens is 1. The van der Waals surface area contributed by atoms with E-state index in [2.05, 4.69) is 51.9 Å². The SMILES string of the molecule is IC1=CC=CC1c1ccccn1. The molecule has 1 atom stereocenters. The van der Waals surface area contributed by atoms with E-state index in [1.165, 1.54) is 3.58 Å². The first-order valence-electron chi connectivity index (χ1n) is 3.83. The molecule has 0 spiro atoms. The molecule has 60 valence electrons. The van der Waals surface area contributed by atoms with Crippen LogP contribution in [-0.2, 0) is 0 Å². The Morgan fingerprint density at radius 2 is 2.25 bits per heavy atom. The van der Waals surface area contributed by atoms with Crippen LogP contribution in [0.15, 0.2) is 46.2 Å². The molecular weight excluding hydrogens is 261 g/mol. The van der Waals surface area contributed by atoms with Gasteiger partial charge in [-0.1, -0.05) is 24.3 Å². The second-order valence-electron chi connectivity index (χ2n) is 2.67. The molecule has 0 saturated carbocycles. The van der Waals surface area contributed by atoms with Gasteiger partial charge in [-0.25, -0.2) is 0 Å². The first kappa shape index (κ1) is 7.98. The minimum atomic E-state index is 0.395. The van der Waals surface area contributed by atoms with Crippen molar-refractivity contribution < 1.29 is 0 Å². The van der Waals surface area contributed by atoms with Crippen LogP contribution in [0.3, 0.4) is 0 Å². The Labute approximate surface area is 85.4 Å². The van der Waals surface area contributed by atoms with Crippen molar-refractivity contribution in [2.24, 2.45) is 0 Å². The van der Waals surface area contributed by atoms with E-state index in [1.807, 2.05) is 18.3 Å². The summed E-state index contributed by atoms with van der Waals surface area (Å²) in [6.07, 6.45) is 8.22. The number of pyridine rings is 1. The molecule has 0 aliphatic heterocycles. The highest BCUT2D eigenvalue weighted by Crippen LogP contribution is 2.32. The smallest absolute Gasteiger partial charge is 0.0521 e. The molecule has 1 unspecified atom stereocenters. The molecule has 2 rings (SSSR count). The van der Waals surface area contributed by atoms with Gasteiger partial charge in [0.15, 0.2) is 0 Å². The highest BCUT2D eigenvalue weighted by molar-refractivity contribution is 14.1. The topological polar surface area (TPSA) is 12.9 Å². The molecule has 0 saturated heterocycles. The van der Waals surface area contributed by atoms with Crippen molar-refractivity contribution in [3.05, 3.63) is 51.9 Å². The molecule has 1 nitrogen and oxygen atoms in total. The zero-order chi connectivity index (χ0) is 8.39. The first-order valence-corrected chi connectivity index (χ1v) is 4.90. The lowest BCUT2D eigenvalue weighted by molar-refractivity contribution is 1.00. The summed E-state index contributed by atoms with van der Waals surface area (Å²) in [4.78, 5) is 4.31. The lowest BCUT2D eigenvalue weighted by Crippen LogP contribution is -1.94. The molecule has 1 aromatic rings. The monoisotopic (exact) mass is 269 g/mol. The Balaban J connectivity index is 2.33. The summed E-state index contributed by atoms with van der Waals surface area (Å²) in [6, 6.07) is 6.03. The summed E-state index contributed by atoms with van der Waals surface area (Å²) in [5.41, 5.74) is 1.13. The molecule has 0 radical (unpaired) electrons. The van der Waals surface area contributed by atoms with Crippen LogP contribution in [0.5, 0.6) is 0 Å². The largest absolute Gasteiger partial charge is 0.260 e. The molecule has 0 bridgehead atoms. The van der Waals surface area contributed by atoms with Gasteiger partial charge in [-0.3, -0.25) is 4.98 Å². The van der Waals surface area contributed by atoms with Crippen molar-refractivity contribution in [1.82, 2.24) is 4.98 Å². The van der Waals surface area contributed by atoms with E-state index in [0.29, 0.717) is 5.92 Å². The molecule has 0 fully saturated rings. The van der Waals surface area contributed by atoms with E-state index < -0.39 is 0 Å². The number of hydrogen-bond acceptors (Lipinski definition) is 1. The van der Waals surface area contributed by atoms with Crippen LogP contribution in [-0.4, -0.2) is 4.98 Å². The molecule has 1 aromatic heterocycles. The summed E-state index contributed by atoms with van der Waals surface area (Å²) >= 11 is 2.36. The average molecular weight is 269 g/mol. The van der Waals surface area contributed by atoms with Crippen molar-refractivity contribution in [2.75, 3.05) is 0 Å². The predicted octanol–water partition coefficient (Wildman–Crippen LogP) is 3.05. The zero-order valence-corrected chi connectivity index (χ0v) is 8.60. The van der Waals surface area contributed by atoms with Crippen LogP contribution in [0, 0.1) is 0 Å². The predicted molar refractivity (Wildman–Crippen MR) is 58.2 cm³/mol. The molecule has 0 amide bonds. The molecule has 0 N–H and O–H groups in total. The van der Waals surface area contributed by atoms with Gasteiger partial charge < -0.3 is 0 Å². The fourth-order valence-corrected chi connectivity index (χ4v) is 1.99. The third-order valence-electron chi connectivity index (χ3n) is 1.86. The van der Waals surface area contributed by atoms with E-state index in [-0.39, 0.29) is 0 Å². The minimum Gasteiger partial charge on any atom is -0.260 e. The number of hydrogen-bond donors (Lipinski definition) is 0. The van der Waals surface area contributed by atoms with Gasteiger partial charge >= 0.3 is 0 Å². The Hall–Kier alpha value is -0.640. The van der Waals surface area contributed by atoms with Gasteiger partial charge in [0, 0.05) is 9.78 Å². The maximum atomic E-state index is 4.31. The fourth-order valence-electron chi connectivity index (χ4n) is 1.25. The number of rotatable bonds is 1. The maximum Gasteiger partial charge on any atom is 0.0521 e. The van der Waals surface area contributed by atoms with Gasteiger partial charge in [-0.15, -0.1) is 0 Å². The van der Waals surface area contributed by atoms with E-state index >= 15 is 0 Å². The number of allylic oxidation sites excluding steroid dienone is 4. The molecule has 1 heterocycles. The number of nitrogens with zero attached hydrogens (tertiary/aromatic N) is 1. The summed E-state index contributed by atoms with van der Waals surface area (Å²) in [6.45, 7) is 0. The van der Waals surface area contributed by atoms with Crippen molar-refractivity contribution in [3.8, 4) is 0 Å². The Morgan fingerprint density at radius 3 is 2.83 bits per heavy atom. The van der Waals surface area contributed by atoms with Crippen molar-refractivity contribution in [3.63, 3.8) is 0 Å². The van der Waals surface area contributed by atoms with Gasteiger partial charge in [0.25, 0.3) is 0 Å². The van der Waals surface area contributed by atoms with Crippen molar-refractivity contribution >= 4 is 22.6 Å². The molecule has 2 heteroatoms. The Bertz CT molecular complexity index is 327. The van der Waals surface area contributed by atoms with Gasteiger partial charge in [-0.2, -0.15) is 0 Å². The highest BCUT2D eigenvalue weighted by Gasteiger charge is 2.14. The van der Waals surface area contributed by atoms with E-state index in [0.717, 1.165) is 5.69 Å². The fraction of sp³-hybridized carbons (Fsp3) is 0.100. The van der Waals surface area contributed by atoms with Crippen LogP contribution in [0.4, 0.5) is 0 Å². The molecule has 1 aliphatic carbocycles. The van der Waals surface area contributed by atoms with Gasteiger partial charge in [-0.05, 0) is 34.7 Å². The highest BCUT2D eigenvalue weighted by atomic mass is 127. The van der Waals surface area contributed by atoms with Crippen LogP contribution in [0.1, 0.15) is 11.6 Å². The van der Waals surface area contributed by atoms with Gasteiger partial charge in [0.05, 0.1) is 11.6 Å². The molecular formula is C10H8IN. The minimum absolute atomic E-state index is 0.395. The molecule has 0 aromatic carbocycles. The van der Waals surface area contributed by atoms with Crippen LogP contribution >= 0.6 is 22.6 Å². The van der Waals surface area contributed by atoms with Crippen molar-refractivity contribution in [1.29, 1.82) is 0 Å². The quantitative estimate of drug-likeness (QED) is 0.714. The summed E-state index contributed by atoms with van der Waals surface area (Å²) < 4.78 is 1.34. The standard InChI is InChI=1S/C10H8IN/c11-9-5-3-4-8(9)10-6-1-2-7-12-10/h1-8H. The van der Waals surface area contributed by atoms with E-state index in [9.17, 15) is 0 Å². The van der Waals surface area contributed by atoms with Gasteiger partial charge in [0.2, 0.25) is 0 Å². The zero-order valence-electron chi connectivity index (χ0n) is 6.44. The lowest BCUT2D eigenvalue weighted by atomic mass is 10.1. The Morgan fingerprint density at radius 1 is 1.33 bits per heavy atom. The Kier molecular flexibility index (Phi) is 2.26. The summed E-state index contributed by atoms with van der Waals surface area (Å²) in [5, 5.41) is 0. The number of halogens is 1. The second-order valence-corrected chi connectivity index (χ2v) is 3.91. The van der Waals surface area contributed by atoms with E-state index in [4.69, 9.17) is 0 Å². The third kappa shape index (κ3) is 1.43.